The van der Waals surface area contributed by atoms with E-state index in [1.807, 2.05) is 6.92 Å². The number of carbonyl (C=O) groups excluding carboxylic acids is 1. The van der Waals surface area contributed by atoms with Crippen molar-refractivity contribution >= 4 is 17.6 Å². The van der Waals surface area contributed by atoms with Gasteiger partial charge in [0.05, 0.1) is 23.3 Å². The number of halogens is 3. The van der Waals surface area contributed by atoms with Crippen LogP contribution in [-0.4, -0.2) is 64.6 Å². The van der Waals surface area contributed by atoms with Crippen LogP contribution >= 0.6 is 0 Å². The molecule has 1 aromatic heterocycles. The van der Waals surface area contributed by atoms with Gasteiger partial charge in [-0.2, -0.15) is 13.2 Å². The molecule has 1 saturated carbocycles. The molecule has 0 aromatic carbocycles. The molecule has 1 unspecified atom stereocenters. The molecule has 1 atom stereocenters. The Morgan fingerprint density at radius 3 is 2.59 bits per heavy atom. The number of aliphatic hydroxyl groups is 1. The molecule has 3 rings (SSSR count). The second-order valence-electron chi connectivity index (χ2n) is 8.62. The number of anilines is 1. The Labute approximate surface area is 185 Å². The fourth-order valence-electron chi connectivity index (χ4n) is 4.44. The van der Waals surface area contributed by atoms with E-state index in [9.17, 15) is 23.1 Å². The lowest BCUT2D eigenvalue weighted by Gasteiger charge is -2.47. The normalized spacial score (nSPS) is 24.1. The zero-order chi connectivity index (χ0) is 23.5. The number of hydrogen-bond acceptors (Lipinski definition) is 6. The molecule has 0 radical (unpaired) electrons. The predicted molar refractivity (Wildman–Crippen MR) is 115 cm³/mol. The van der Waals surface area contributed by atoms with Gasteiger partial charge in [-0.15, -0.1) is 0 Å². The van der Waals surface area contributed by atoms with E-state index >= 15 is 0 Å². The van der Waals surface area contributed by atoms with Crippen LogP contribution < -0.4 is 16.8 Å². The molecule has 11 heteroatoms. The van der Waals surface area contributed by atoms with Gasteiger partial charge in [-0.05, 0) is 44.1 Å². The molecule has 6 N–H and O–H groups in total. The molecule has 0 bridgehead atoms. The van der Waals surface area contributed by atoms with Gasteiger partial charge in [0.15, 0.2) is 0 Å². The summed E-state index contributed by atoms with van der Waals surface area (Å²) in [7, 11) is 0. The molecule has 2 fully saturated rings. The van der Waals surface area contributed by atoms with E-state index in [1.54, 1.807) is 0 Å². The molecule has 32 heavy (non-hydrogen) atoms. The predicted octanol–water partition coefficient (Wildman–Crippen LogP) is 1.52. The van der Waals surface area contributed by atoms with Crippen LogP contribution in [0.15, 0.2) is 17.3 Å². The summed E-state index contributed by atoms with van der Waals surface area (Å²) < 4.78 is 38.6. The third-order valence-electron chi connectivity index (χ3n) is 6.41. The highest BCUT2D eigenvalue weighted by molar-refractivity contribution is 6.02. The Balaban J connectivity index is 1.44. The number of aliphatic imine (C=N–C) groups is 1. The molecule has 1 aliphatic carbocycles. The van der Waals surface area contributed by atoms with Crippen LogP contribution in [0.2, 0.25) is 0 Å². The maximum atomic E-state index is 12.9. The van der Waals surface area contributed by atoms with Crippen molar-refractivity contribution < 1.29 is 23.1 Å². The first-order valence-corrected chi connectivity index (χ1v) is 10.9. The van der Waals surface area contributed by atoms with E-state index in [0.717, 1.165) is 51.3 Å². The number of nitrogens with one attached hydrogen (secondary N) is 1. The van der Waals surface area contributed by atoms with Gasteiger partial charge >= 0.3 is 6.18 Å². The van der Waals surface area contributed by atoms with E-state index in [0.29, 0.717) is 18.2 Å². The molecular formula is C21H31F3N6O2. The SMILES string of the molecule is CCC(O)C1CCC(N2CC(NC(=O)CN=C(N)c3cc(C(F)(F)F)cnc3N)C2)CC1. The highest BCUT2D eigenvalue weighted by Gasteiger charge is 2.36. The fourth-order valence-corrected chi connectivity index (χ4v) is 4.44. The third-order valence-corrected chi connectivity index (χ3v) is 6.41. The Bertz CT molecular complexity index is 833. The van der Waals surface area contributed by atoms with Gasteiger partial charge < -0.3 is 21.9 Å². The van der Waals surface area contributed by atoms with E-state index in [-0.39, 0.29) is 41.8 Å². The van der Waals surface area contributed by atoms with Gasteiger partial charge in [0.2, 0.25) is 5.91 Å². The summed E-state index contributed by atoms with van der Waals surface area (Å²) >= 11 is 0. The minimum absolute atomic E-state index is 0.0122. The fraction of sp³-hybridized carbons (Fsp3) is 0.667. The van der Waals surface area contributed by atoms with Crippen molar-refractivity contribution in [3.8, 4) is 0 Å². The van der Waals surface area contributed by atoms with Crippen LogP contribution in [0.1, 0.15) is 50.2 Å². The van der Waals surface area contributed by atoms with Crippen molar-refractivity contribution in [1.82, 2.24) is 15.2 Å². The molecule has 1 amide bonds. The van der Waals surface area contributed by atoms with Crippen molar-refractivity contribution in [1.29, 1.82) is 0 Å². The Morgan fingerprint density at radius 1 is 1.34 bits per heavy atom. The van der Waals surface area contributed by atoms with Crippen LogP contribution in [0.4, 0.5) is 19.0 Å². The average Bonchev–Trinajstić information content (AvgIpc) is 2.73. The van der Waals surface area contributed by atoms with E-state index < -0.39 is 11.7 Å². The summed E-state index contributed by atoms with van der Waals surface area (Å²) in [6, 6.07) is 1.27. The van der Waals surface area contributed by atoms with Crippen LogP contribution in [0, 0.1) is 5.92 Å². The smallest absolute Gasteiger partial charge is 0.393 e. The number of aromatic nitrogens is 1. The summed E-state index contributed by atoms with van der Waals surface area (Å²) in [5.74, 6) is -0.420. The Kier molecular flexibility index (Phi) is 7.60. The van der Waals surface area contributed by atoms with Crippen LogP contribution in [0.25, 0.3) is 0 Å². The minimum atomic E-state index is -4.59. The summed E-state index contributed by atoms with van der Waals surface area (Å²) in [6.07, 6.45) is 0.762. The van der Waals surface area contributed by atoms with Crippen molar-refractivity contribution in [2.24, 2.45) is 16.6 Å². The number of likely N-dealkylation sites (tertiary alicyclic amines) is 1. The minimum Gasteiger partial charge on any atom is -0.393 e. The summed E-state index contributed by atoms with van der Waals surface area (Å²) in [6.45, 7) is 3.20. The lowest BCUT2D eigenvalue weighted by Crippen LogP contribution is -2.62. The number of rotatable bonds is 7. The zero-order valence-corrected chi connectivity index (χ0v) is 18.1. The standard InChI is InChI=1S/C21H31F3N6O2/c1-2-17(31)12-3-5-15(6-4-12)30-10-14(11-30)29-18(32)9-28-20(26)16-7-13(21(22,23)24)8-27-19(16)25/h7-8,12,14-15,17,31H,2-6,9-11H2,1H3,(H2,25,27)(H2,26,28)(H,29,32). The van der Waals surface area contributed by atoms with Gasteiger partial charge in [-0.25, -0.2) is 4.98 Å². The maximum absolute atomic E-state index is 12.9. The number of hydrogen-bond donors (Lipinski definition) is 4. The number of amidine groups is 1. The number of alkyl halides is 3. The highest BCUT2D eigenvalue weighted by Crippen LogP contribution is 2.32. The van der Waals surface area contributed by atoms with Crippen molar-refractivity contribution in [3.05, 3.63) is 23.4 Å². The zero-order valence-electron chi connectivity index (χ0n) is 18.1. The van der Waals surface area contributed by atoms with Gasteiger partial charge in [0, 0.05) is 25.3 Å². The van der Waals surface area contributed by atoms with Gasteiger partial charge in [-0.1, -0.05) is 6.92 Å². The van der Waals surface area contributed by atoms with Crippen LogP contribution in [-0.2, 0) is 11.0 Å². The lowest BCUT2D eigenvalue weighted by molar-refractivity contribution is -0.137. The van der Waals surface area contributed by atoms with Gasteiger partial charge in [0.25, 0.3) is 0 Å². The number of pyridine rings is 1. The summed E-state index contributed by atoms with van der Waals surface area (Å²) in [4.78, 5) is 21.9. The Hall–Kier alpha value is -2.40. The van der Waals surface area contributed by atoms with Crippen molar-refractivity contribution in [2.45, 2.75) is 63.4 Å². The van der Waals surface area contributed by atoms with Gasteiger partial charge in [0.1, 0.15) is 18.2 Å². The molecule has 2 aliphatic rings. The largest absolute Gasteiger partial charge is 0.417 e. The summed E-state index contributed by atoms with van der Waals surface area (Å²) in [5.41, 5.74) is 10.2. The number of nitrogens with zero attached hydrogens (tertiary/aromatic N) is 3. The molecule has 0 spiro atoms. The molecule has 178 valence electrons. The van der Waals surface area contributed by atoms with E-state index in [1.165, 1.54) is 0 Å². The number of carbonyl (C=O) groups is 1. The first-order valence-electron chi connectivity index (χ1n) is 10.9. The van der Waals surface area contributed by atoms with Crippen molar-refractivity contribution in [3.63, 3.8) is 0 Å². The monoisotopic (exact) mass is 456 g/mol. The second kappa shape index (κ2) is 10.0. The van der Waals surface area contributed by atoms with E-state index in [4.69, 9.17) is 11.5 Å². The molecule has 1 aromatic rings. The number of amides is 1. The number of aliphatic hydroxyl groups excluding tert-OH is 1. The lowest BCUT2D eigenvalue weighted by atomic mass is 9.80. The van der Waals surface area contributed by atoms with E-state index in [2.05, 4.69) is 20.2 Å². The highest BCUT2D eigenvalue weighted by atomic mass is 19.4. The maximum Gasteiger partial charge on any atom is 0.417 e. The third kappa shape index (κ3) is 5.89. The molecular weight excluding hydrogens is 425 g/mol. The first-order chi connectivity index (χ1) is 15.1. The molecule has 1 aliphatic heterocycles. The second-order valence-corrected chi connectivity index (χ2v) is 8.62. The quantitative estimate of drug-likeness (QED) is 0.364. The summed E-state index contributed by atoms with van der Waals surface area (Å²) in [5, 5.41) is 12.9. The molecule has 1 saturated heterocycles. The molecule has 8 nitrogen and oxygen atoms in total. The molecule has 2 heterocycles. The van der Waals surface area contributed by atoms with Crippen LogP contribution in [0.5, 0.6) is 0 Å². The number of nitrogen functional groups attached to an aromatic ring is 1. The van der Waals surface area contributed by atoms with Crippen LogP contribution in [0.3, 0.4) is 0 Å². The first kappa shape index (κ1) is 24.2. The van der Waals surface area contributed by atoms with Crippen molar-refractivity contribution in [2.75, 3.05) is 25.4 Å². The number of nitrogens with two attached hydrogens (primary N) is 2. The Morgan fingerprint density at radius 2 is 2.00 bits per heavy atom. The van der Waals surface area contributed by atoms with Gasteiger partial charge in [-0.3, -0.25) is 14.7 Å². The topological polar surface area (TPSA) is 130 Å². The average molecular weight is 457 g/mol.